The van der Waals surface area contributed by atoms with Crippen LogP contribution in [0.25, 0.3) is 0 Å². The van der Waals surface area contributed by atoms with E-state index in [4.69, 9.17) is 23.2 Å². The quantitative estimate of drug-likeness (QED) is 0.154. The van der Waals surface area contributed by atoms with Crippen LogP contribution in [0.2, 0.25) is 0 Å². The van der Waals surface area contributed by atoms with Crippen molar-refractivity contribution in [1.29, 1.82) is 0 Å². The first-order chi connectivity index (χ1) is 14.4. The Bertz CT molecular complexity index is 635. The topological polar surface area (TPSA) is 42.3 Å². The molecule has 0 aliphatic carbocycles. The van der Waals surface area contributed by atoms with E-state index in [0.29, 0.717) is 5.75 Å². The third-order valence-electron chi connectivity index (χ3n) is 5.02. The number of aryl methyl sites for hydroxylation is 1. The second-order valence-electron chi connectivity index (χ2n) is 7.77. The summed E-state index contributed by atoms with van der Waals surface area (Å²) in [6, 6.07) is 1.64. The van der Waals surface area contributed by atoms with Gasteiger partial charge in [-0.1, -0.05) is 113 Å². The Morgan fingerprint density at radius 3 is 1.87 bits per heavy atom. The van der Waals surface area contributed by atoms with Crippen molar-refractivity contribution in [1.82, 2.24) is 8.26 Å². The number of carbonyl (C=O) groups excluding carboxylic acids is 1. The molecule has 0 saturated carbocycles. The third-order valence-corrected chi connectivity index (χ3v) is 8.02. The summed E-state index contributed by atoms with van der Waals surface area (Å²) in [7, 11) is 0. The normalized spacial score (nSPS) is 15.3. The molecular formula is C22H38Cl2N2O2S2. The first-order valence-corrected chi connectivity index (χ1v) is 13.9. The van der Waals surface area contributed by atoms with E-state index in [1.807, 2.05) is 9.34 Å². The van der Waals surface area contributed by atoms with E-state index in [-0.39, 0.29) is 11.5 Å². The van der Waals surface area contributed by atoms with Gasteiger partial charge < -0.3 is 0 Å². The lowest BCUT2D eigenvalue weighted by atomic mass is 10.1. The number of hydrogen-bond acceptors (Lipinski definition) is 4. The Labute approximate surface area is 201 Å². The van der Waals surface area contributed by atoms with Crippen LogP contribution in [0.3, 0.4) is 0 Å². The van der Waals surface area contributed by atoms with Crippen LogP contribution in [0, 0.1) is 0 Å². The molecule has 1 aliphatic heterocycles. The maximum atomic E-state index is 11.6. The molecule has 1 saturated heterocycles. The fraction of sp³-hybridized carbons (Fsp3) is 0.818. The number of rotatable bonds is 14. The fourth-order valence-corrected chi connectivity index (χ4v) is 5.45. The molecule has 0 unspecified atom stereocenters. The minimum atomic E-state index is -1.19. The van der Waals surface area contributed by atoms with Gasteiger partial charge in [-0.25, -0.2) is 0 Å². The summed E-state index contributed by atoms with van der Waals surface area (Å²) in [5, 5.41) is 1.86. The molecule has 2 heterocycles. The van der Waals surface area contributed by atoms with Gasteiger partial charge >= 0.3 is 0 Å². The Morgan fingerprint density at radius 1 is 0.867 bits per heavy atom. The Morgan fingerprint density at radius 2 is 1.40 bits per heavy atom. The molecule has 0 aromatic carbocycles. The molecule has 30 heavy (non-hydrogen) atoms. The van der Waals surface area contributed by atoms with Crippen molar-refractivity contribution in [3.05, 3.63) is 21.8 Å². The highest BCUT2D eigenvalue weighted by Crippen LogP contribution is 2.38. The third kappa shape index (κ3) is 11.4. The van der Waals surface area contributed by atoms with Gasteiger partial charge in [0.25, 0.3) is 11.5 Å². The van der Waals surface area contributed by atoms with Crippen LogP contribution in [-0.2, 0) is 11.3 Å². The average molecular weight is 498 g/mol. The second-order valence-corrected chi connectivity index (χ2v) is 11.2. The van der Waals surface area contributed by atoms with Crippen molar-refractivity contribution >= 4 is 52.6 Å². The molecule has 0 N–H and O–H groups in total. The molecule has 0 bridgehead atoms. The highest BCUT2D eigenvalue weighted by molar-refractivity contribution is 7.98. The molecule has 0 atom stereocenters. The van der Waals surface area contributed by atoms with E-state index in [0.717, 1.165) is 25.9 Å². The maximum absolute atomic E-state index is 11.6. The van der Waals surface area contributed by atoms with Crippen LogP contribution < -0.4 is 5.56 Å². The van der Waals surface area contributed by atoms with E-state index in [9.17, 15) is 9.59 Å². The minimum absolute atomic E-state index is 0.144. The summed E-state index contributed by atoms with van der Waals surface area (Å²) in [4.78, 5) is 22.8. The van der Waals surface area contributed by atoms with Gasteiger partial charge in [0, 0.05) is 24.5 Å². The van der Waals surface area contributed by atoms with Crippen molar-refractivity contribution in [3.8, 4) is 0 Å². The van der Waals surface area contributed by atoms with Gasteiger partial charge in [0.05, 0.1) is 5.75 Å². The number of hydrogen-bond donors (Lipinski definition) is 0. The van der Waals surface area contributed by atoms with E-state index in [1.165, 1.54) is 87.7 Å². The van der Waals surface area contributed by atoms with Crippen molar-refractivity contribution in [3.63, 3.8) is 0 Å². The first kappa shape index (κ1) is 27.9. The molecule has 1 fully saturated rings. The number of halogens is 2. The van der Waals surface area contributed by atoms with Crippen LogP contribution in [0.5, 0.6) is 0 Å². The summed E-state index contributed by atoms with van der Waals surface area (Å²) in [6.07, 6.45) is 15.1. The van der Waals surface area contributed by atoms with Crippen molar-refractivity contribution in [2.75, 3.05) is 12.3 Å². The van der Waals surface area contributed by atoms with Gasteiger partial charge in [-0.3, -0.25) is 17.9 Å². The van der Waals surface area contributed by atoms with Crippen LogP contribution in [0.15, 0.2) is 16.2 Å². The zero-order chi connectivity index (χ0) is 22.2. The van der Waals surface area contributed by atoms with Crippen molar-refractivity contribution in [2.45, 2.75) is 102 Å². The predicted molar refractivity (Wildman–Crippen MR) is 134 cm³/mol. The average Bonchev–Trinajstić information content (AvgIpc) is 3.25. The summed E-state index contributed by atoms with van der Waals surface area (Å²) in [5.41, 5.74) is 0.156. The van der Waals surface area contributed by atoms with Gasteiger partial charge in [-0.2, -0.15) is 0 Å². The van der Waals surface area contributed by atoms with E-state index in [2.05, 4.69) is 13.8 Å². The first-order valence-electron chi connectivity index (χ1n) is 11.4. The lowest BCUT2D eigenvalue weighted by molar-refractivity contribution is -0.125. The predicted octanol–water partition coefficient (Wildman–Crippen LogP) is 7.28. The number of aromatic nitrogens is 1. The van der Waals surface area contributed by atoms with Crippen LogP contribution in [-0.4, -0.2) is 30.8 Å². The summed E-state index contributed by atoms with van der Waals surface area (Å²) in [5.74, 6) is 0.333. The number of amides is 1. The van der Waals surface area contributed by atoms with Gasteiger partial charge in [-0.05, 0) is 24.8 Å². The number of carbonyl (C=O) groups is 1. The Balaban J connectivity index is 0.000000303. The van der Waals surface area contributed by atoms with Crippen LogP contribution in [0.4, 0.5) is 0 Å². The number of unbranched alkanes of at least 4 members (excludes halogenated alkanes) is 10. The fourth-order valence-electron chi connectivity index (χ4n) is 3.16. The standard InChI is InChI=1S/C11H19Cl2NOS.C11H19NOS/c1-2-3-4-5-6-7-8-14-10(15)11(12,13)9-16-14;1-2-3-4-5-6-7-9-12-11(13)8-10-14-12/h2-9H2,1H3;8,10H,2-7,9H2,1H3. The van der Waals surface area contributed by atoms with Crippen LogP contribution in [0.1, 0.15) is 90.9 Å². The zero-order valence-corrected chi connectivity index (χ0v) is 21.7. The SMILES string of the molecule is CCCCCCCCN1SCC(Cl)(Cl)C1=O.CCCCCCCCn1sccc1=O. The summed E-state index contributed by atoms with van der Waals surface area (Å²) >= 11 is 14.7. The molecule has 1 aliphatic rings. The molecule has 174 valence electrons. The Hall–Kier alpha value is -0.170. The van der Waals surface area contributed by atoms with Crippen molar-refractivity contribution in [2.24, 2.45) is 0 Å². The zero-order valence-electron chi connectivity index (χ0n) is 18.5. The maximum Gasteiger partial charge on any atom is 0.269 e. The van der Waals surface area contributed by atoms with Gasteiger partial charge in [0.15, 0.2) is 0 Å². The second kappa shape index (κ2) is 16.5. The highest BCUT2D eigenvalue weighted by Gasteiger charge is 2.44. The Kier molecular flexibility index (Phi) is 15.3. The molecular weight excluding hydrogens is 459 g/mol. The lowest BCUT2D eigenvalue weighted by Gasteiger charge is -2.15. The van der Waals surface area contributed by atoms with Gasteiger partial charge in [0.2, 0.25) is 4.33 Å². The molecule has 1 aromatic rings. The molecule has 0 radical (unpaired) electrons. The van der Waals surface area contributed by atoms with Crippen LogP contribution >= 0.6 is 46.7 Å². The molecule has 4 nitrogen and oxygen atoms in total. The van der Waals surface area contributed by atoms with E-state index in [1.54, 1.807) is 10.4 Å². The molecule has 8 heteroatoms. The smallest absolute Gasteiger partial charge is 0.269 e. The number of nitrogens with zero attached hydrogens (tertiary/aromatic N) is 2. The molecule has 0 spiro atoms. The highest BCUT2D eigenvalue weighted by atomic mass is 35.5. The molecule has 2 rings (SSSR count). The van der Waals surface area contributed by atoms with E-state index < -0.39 is 4.33 Å². The summed E-state index contributed by atoms with van der Waals surface area (Å²) < 4.78 is 2.35. The monoisotopic (exact) mass is 496 g/mol. The number of alkyl halides is 2. The minimum Gasteiger partial charge on any atom is -0.284 e. The van der Waals surface area contributed by atoms with E-state index >= 15 is 0 Å². The summed E-state index contributed by atoms with van der Waals surface area (Å²) in [6.45, 7) is 6.12. The lowest BCUT2D eigenvalue weighted by Crippen LogP contribution is -2.31. The van der Waals surface area contributed by atoms with Crippen molar-refractivity contribution < 1.29 is 4.79 Å². The molecule has 1 aromatic heterocycles. The largest absolute Gasteiger partial charge is 0.284 e. The van der Waals surface area contributed by atoms with Gasteiger partial charge in [0.1, 0.15) is 0 Å². The molecule has 1 amide bonds. The van der Waals surface area contributed by atoms with Gasteiger partial charge in [-0.15, -0.1) is 0 Å².